The maximum Gasteiger partial charge on any atom is 0.123 e. The average Bonchev–Trinajstić information content (AvgIpc) is 2.87. The summed E-state index contributed by atoms with van der Waals surface area (Å²) in [4.78, 5) is 6.73. The van der Waals surface area contributed by atoms with Crippen LogP contribution in [0.3, 0.4) is 0 Å². The van der Waals surface area contributed by atoms with Crippen LogP contribution in [0.25, 0.3) is 10.6 Å². The molecule has 3 nitrogen and oxygen atoms in total. The summed E-state index contributed by atoms with van der Waals surface area (Å²) in [5.41, 5.74) is 2.22. The normalized spacial score (nSPS) is 12.9. The molecule has 1 N–H and O–H groups in total. The number of rotatable bonds is 5. The largest absolute Gasteiger partial charge is 0.395 e. The predicted octanol–water partition coefficient (Wildman–Crippen LogP) is 2.62. The molecule has 2 rings (SSSR count). The first-order valence-electron chi connectivity index (χ1n) is 6.01. The molecular formula is C14H18N2OS. The van der Waals surface area contributed by atoms with Gasteiger partial charge in [-0.25, -0.2) is 4.98 Å². The molecule has 0 aliphatic carbocycles. The Morgan fingerprint density at radius 3 is 2.72 bits per heavy atom. The lowest BCUT2D eigenvalue weighted by Gasteiger charge is -2.21. The van der Waals surface area contributed by atoms with Crippen LogP contribution in [0.1, 0.15) is 12.6 Å². The van der Waals surface area contributed by atoms with Gasteiger partial charge in [0.05, 0.1) is 12.3 Å². The minimum atomic E-state index is 0.159. The Morgan fingerprint density at radius 1 is 1.33 bits per heavy atom. The number of aliphatic hydroxyl groups excluding tert-OH is 1. The molecule has 0 radical (unpaired) electrons. The molecule has 1 aromatic heterocycles. The van der Waals surface area contributed by atoms with E-state index < -0.39 is 0 Å². The summed E-state index contributed by atoms with van der Waals surface area (Å²) >= 11 is 1.66. The van der Waals surface area contributed by atoms with Gasteiger partial charge in [0.2, 0.25) is 0 Å². The van der Waals surface area contributed by atoms with Crippen molar-refractivity contribution in [2.75, 3.05) is 13.7 Å². The number of aliphatic hydroxyl groups is 1. The average molecular weight is 262 g/mol. The summed E-state index contributed by atoms with van der Waals surface area (Å²) in [6.07, 6.45) is 0. The number of thiazole rings is 1. The Labute approximate surface area is 112 Å². The molecular weight excluding hydrogens is 244 g/mol. The van der Waals surface area contributed by atoms with Crippen LogP contribution in [-0.2, 0) is 6.54 Å². The van der Waals surface area contributed by atoms with Crippen molar-refractivity contribution in [2.45, 2.75) is 19.5 Å². The maximum atomic E-state index is 9.11. The quantitative estimate of drug-likeness (QED) is 0.900. The topological polar surface area (TPSA) is 36.4 Å². The van der Waals surface area contributed by atoms with E-state index >= 15 is 0 Å². The standard InChI is InChI=1S/C14H18N2OS/c1-11(9-17)16(2)8-13-10-18-14(15-13)12-6-4-3-5-7-12/h3-7,10-11,17H,8-9H2,1-2H3. The molecule has 18 heavy (non-hydrogen) atoms. The lowest BCUT2D eigenvalue weighted by molar-refractivity contribution is 0.153. The van der Waals surface area contributed by atoms with Crippen molar-refractivity contribution < 1.29 is 5.11 Å². The van der Waals surface area contributed by atoms with Crippen molar-refractivity contribution in [3.05, 3.63) is 41.4 Å². The van der Waals surface area contributed by atoms with Gasteiger partial charge in [0, 0.05) is 23.5 Å². The third kappa shape index (κ3) is 3.16. The third-order valence-electron chi connectivity index (χ3n) is 3.00. The van der Waals surface area contributed by atoms with E-state index in [1.165, 1.54) is 0 Å². The first-order chi connectivity index (χ1) is 8.70. The monoisotopic (exact) mass is 262 g/mol. The number of hydrogen-bond acceptors (Lipinski definition) is 4. The van der Waals surface area contributed by atoms with Crippen molar-refractivity contribution in [3.63, 3.8) is 0 Å². The van der Waals surface area contributed by atoms with Crippen LogP contribution in [-0.4, -0.2) is 34.7 Å². The maximum absolute atomic E-state index is 9.11. The van der Waals surface area contributed by atoms with E-state index in [2.05, 4.69) is 27.4 Å². The zero-order chi connectivity index (χ0) is 13.0. The van der Waals surface area contributed by atoms with E-state index in [-0.39, 0.29) is 12.6 Å². The van der Waals surface area contributed by atoms with Crippen LogP contribution in [0, 0.1) is 0 Å². The highest BCUT2D eigenvalue weighted by molar-refractivity contribution is 7.13. The van der Waals surface area contributed by atoms with Gasteiger partial charge in [0.15, 0.2) is 0 Å². The van der Waals surface area contributed by atoms with Gasteiger partial charge >= 0.3 is 0 Å². The minimum absolute atomic E-state index is 0.159. The lowest BCUT2D eigenvalue weighted by atomic mass is 10.2. The molecule has 0 saturated heterocycles. The van der Waals surface area contributed by atoms with Crippen LogP contribution < -0.4 is 0 Å². The van der Waals surface area contributed by atoms with Crippen molar-refractivity contribution >= 4 is 11.3 Å². The fraction of sp³-hybridized carbons (Fsp3) is 0.357. The molecule has 0 bridgehead atoms. The summed E-state index contributed by atoms with van der Waals surface area (Å²) < 4.78 is 0. The minimum Gasteiger partial charge on any atom is -0.395 e. The highest BCUT2D eigenvalue weighted by atomic mass is 32.1. The van der Waals surface area contributed by atoms with Crippen molar-refractivity contribution in [1.29, 1.82) is 0 Å². The zero-order valence-corrected chi connectivity index (χ0v) is 11.5. The number of hydrogen-bond donors (Lipinski definition) is 1. The molecule has 1 heterocycles. The molecule has 0 aliphatic rings. The molecule has 96 valence electrons. The molecule has 0 amide bonds. The molecule has 0 fully saturated rings. The third-order valence-corrected chi connectivity index (χ3v) is 3.94. The van der Waals surface area contributed by atoms with Gasteiger partial charge < -0.3 is 5.11 Å². The Bertz CT molecular complexity index is 484. The Kier molecular flexibility index (Phi) is 4.47. The van der Waals surface area contributed by atoms with E-state index in [0.717, 1.165) is 22.8 Å². The van der Waals surface area contributed by atoms with Crippen molar-refractivity contribution in [3.8, 4) is 10.6 Å². The molecule has 0 spiro atoms. The van der Waals surface area contributed by atoms with E-state index in [9.17, 15) is 0 Å². The van der Waals surface area contributed by atoms with E-state index in [1.54, 1.807) is 11.3 Å². The Balaban J connectivity index is 2.07. The van der Waals surface area contributed by atoms with Crippen molar-refractivity contribution in [1.82, 2.24) is 9.88 Å². The molecule has 1 atom stereocenters. The van der Waals surface area contributed by atoms with Gasteiger partial charge in [0.1, 0.15) is 5.01 Å². The zero-order valence-electron chi connectivity index (χ0n) is 10.7. The first kappa shape index (κ1) is 13.2. The highest BCUT2D eigenvalue weighted by Crippen LogP contribution is 2.23. The van der Waals surface area contributed by atoms with E-state index in [0.29, 0.717) is 0 Å². The van der Waals surface area contributed by atoms with Gasteiger partial charge in [-0.1, -0.05) is 30.3 Å². The van der Waals surface area contributed by atoms with Crippen molar-refractivity contribution in [2.24, 2.45) is 0 Å². The molecule has 0 saturated carbocycles. The Morgan fingerprint density at radius 2 is 2.06 bits per heavy atom. The number of likely N-dealkylation sites (N-methyl/N-ethyl adjacent to an activating group) is 1. The Hall–Kier alpha value is -1.23. The van der Waals surface area contributed by atoms with Gasteiger partial charge in [-0.15, -0.1) is 11.3 Å². The molecule has 1 aromatic carbocycles. The molecule has 4 heteroatoms. The molecule has 2 aromatic rings. The van der Waals surface area contributed by atoms with Crippen LogP contribution >= 0.6 is 11.3 Å². The lowest BCUT2D eigenvalue weighted by Crippen LogP contribution is -2.31. The smallest absolute Gasteiger partial charge is 0.123 e. The molecule has 0 aliphatic heterocycles. The first-order valence-corrected chi connectivity index (χ1v) is 6.89. The number of benzene rings is 1. The highest BCUT2D eigenvalue weighted by Gasteiger charge is 2.11. The SMILES string of the molecule is CC(CO)N(C)Cc1csc(-c2ccccc2)n1. The summed E-state index contributed by atoms with van der Waals surface area (Å²) in [5.74, 6) is 0. The van der Waals surface area contributed by atoms with E-state index in [1.807, 2.05) is 32.2 Å². The number of aromatic nitrogens is 1. The number of nitrogens with zero attached hydrogens (tertiary/aromatic N) is 2. The second-order valence-electron chi connectivity index (χ2n) is 4.46. The van der Waals surface area contributed by atoms with Crippen LogP contribution in [0.2, 0.25) is 0 Å². The fourth-order valence-corrected chi connectivity index (χ4v) is 2.46. The van der Waals surface area contributed by atoms with Gasteiger partial charge in [0.25, 0.3) is 0 Å². The summed E-state index contributed by atoms with van der Waals surface area (Å²) in [5, 5.41) is 12.2. The fourth-order valence-electron chi connectivity index (χ4n) is 1.64. The molecule has 1 unspecified atom stereocenters. The van der Waals surface area contributed by atoms with Gasteiger partial charge in [-0.05, 0) is 14.0 Å². The predicted molar refractivity (Wildman–Crippen MR) is 75.6 cm³/mol. The van der Waals surface area contributed by atoms with Gasteiger partial charge in [-0.3, -0.25) is 4.90 Å². The van der Waals surface area contributed by atoms with Crippen LogP contribution in [0.15, 0.2) is 35.7 Å². The summed E-state index contributed by atoms with van der Waals surface area (Å²) in [6.45, 7) is 2.95. The summed E-state index contributed by atoms with van der Waals surface area (Å²) in [7, 11) is 2.00. The second-order valence-corrected chi connectivity index (χ2v) is 5.31. The van der Waals surface area contributed by atoms with E-state index in [4.69, 9.17) is 5.11 Å². The van der Waals surface area contributed by atoms with Gasteiger partial charge in [-0.2, -0.15) is 0 Å². The van der Waals surface area contributed by atoms with Crippen LogP contribution in [0.4, 0.5) is 0 Å². The second kappa shape index (κ2) is 6.09. The summed E-state index contributed by atoms with van der Waals surface area (Å²) in [6, 6.07) is 10.4. The van der Waals surface area contributed by atoms with Crippen LogP contribution in [0.5, 0.6) is 0 Å².